The number of rotatable bonds is 1. The van der Waals surface area contributed by atoms with Crippen LogP contribution in [0.3, 0.4) is 0 Å². The van der Waals surface area contributed by atoms with Gasteiger partial charge >= 0.3 is 0 Å². The number of hydrogen-bond acceptors (Lipinski definition) is 2. The van der Waals surface area contributed by atoms with Crippen LogP contribution >= 0.6 is 12.4 Å². The zero-order valence-electron chi connectivity index (χ0n) is 8.24. The van der Waals surface area contributed by atoms with Gasteiger partial charge in [0.05, 0.1) is 0 Å². The second-order valence-electron chi connectivity index (χ2n) is 4.24. The van der Waals surface area contributed by atoms with Gasteiger partial charge in [-0.25, -0.2) is 0 Å². The van der Waals surface area contributed by atoms with E-state index in [4.69, 9.17) is 5.73 Å². The highest BCUT2D eigenvalue weighted by atomic mass is 35.5. The Hall–Kier alpha value is 0.210. The molecule has 0 aliphatic carbocycles. The largest absolute Gasteiger partial charge is 0.330 e. The lowest BCUT2D eigenvalue weighted by Gasteiger charge is -2.44. The van der Waals surface area contributed by atoms with Crippen LogP contribution in [-0.2, 0) is 0 Å². The van der Waals surface area contributed by atoms with Crippen molar-refractivity contribution in [2.75, 3.05) is 19.6 Å². The fourth-order valence-corrected chi connectivity index (χ4v) is 2.85. The number of piperidine rings is 2. The standard InChI is InChI=1S/C10H20N2.ClH/c11-8-9-4-3-7-12-6-2-1-5-10(9)12;/h9-10H,1-8,11H2;1H/t9-,10+;/m0./s1. The fraction of sp³-hybridized carbons (Fsp3) is 1.00. The molecule has 78 valence electrons. The molecule has 2 atom stereocenters. The monoisotopic (exact) mass is 204 g/mol. The molecule has 0 bridgehead atoms. The van der Waals surface area contributed by atoms with Crippen LogP contribution in [0.5, 0.6) is 0 Å². The quantitative estimate of drug-likeness (QED) is 0.704. The Balaban J connectivity index is 0.000000845. The maximum absolute atomic E-state index is 5.78. The van der Waals surface area contributed by atoms with E-state index in [2.05, 4.69) is 4.90 Å². The summed E-state index contributed by atoms with van der Waals surface area (Å²) in [6.45, 7) is 3.57. The van der Waals surface area contributed by atoms with Crippen LogP contribution < -0.4 is 5.73 Å². The molecule has 3 heteroatoms. The van der Waals surface area contributed by atoms with Crippen LogP contribution in [-0.4, -0.2) is 30.6 Å². The molecule has 2 saturated heterocycles. The lowest BCUT2D eigenvalue weighted by Crippen LogP contribution is -2.49. The van der Waals surface area contributed by atoms with Gasteiger partial charge in [-0.05, 0) is 51.2 Å². The molecular formula is C10H21ClN2. The summed E-state index contributed by atoms with van der Waals surface area (Å²) >= 11 is 0. The summed E-state index contributed by atoms with van der Waals surface area (Å²) in [5.74, 6) is 0.805. The Morgan fingerprint density at radius 3 is 2.62 bits per heavy atom. The van der Waals surface area contributed by atoms with Gasteiger partial charge in [0.25, 0.3) is 0 Å². The molecule has 13 heavy (non-hydrogen) atoms. The SMILES string of the molecule is Cl.NC[C@@H]1CCCN2CCCC[C@H]12. The first kappa shape index (κ1) is 11.3. The zero-order chi connectivity index (χ0) is 8.39. The number of fused-ring (bicyclic) bond motifs is 1. The minimum absolute atomic E-state index is 0. The van der Waals surface area contributed by atoms with Crippen molar-refractivity contribution in [1.82, 2.24) is 4.90 Å². The van der Waals surface area contributed by atoms with E-state index in [0.29, 0.717) is 0 Å². The summed E-state index contributed by atoms with van der Waals surface area (Å²) in [6.07, 6.45) is 6.99. The average Bonchev–Trinajstić information content (AvgIpc) is 2.17. The van der Waals surface area contributed by atoms with E-state index >= 15 is 0 Å². The molecular weight excluding hydrogens is 184 g/mol. The van der Waals surface area contributed by atoms with Gasteiger partial charge < -0.3 is 10.6 Å². The highest BCUT2D eigenvalue weighted by Gasteiger charge is 2.31. The van der Waals surface area contributed by atoms with Gasteiger partial charge in [0.15, 0.2) is 0 Å². The Morgan fingerprint density at radius 2 is 1.85 bits per heavy atom. The molecule has 2 heterocycles. The minimum atomic E-state index is 0. The van der Waals surface area contributed by atoms with Gasteiger partial charge in [-0.3, -0.25) is 0 Å². The topological polar surface area (TPSA) is 29.3 Å². The predicted octanol–water partition coefficient (Wildman–Crippen LogP) is 1.63. The first-order valence-corrected chi connectivity index (χ1v) is 5.36. The molecule has 0 amide bonds. The fourth-order valence-electron chi connectivity index (χ4n) is 2.85. The third kappa shape index (κ3) is 2.36. The highest BCUT2D eigenvalue weighted by Crippen LogP contribution is 2.29. The molecule has 2 rings (SSSR count). The van der Waals surface area contributed by atoms with E-state index in [0.717, 1.165) is 18.5 Å². The molecule has 0 aromatic rings. The summed E-state index contributed by atoms with van der Waals surface area (Å²) < 4.78 is 0. The van der Waals surface area contributed by atoms with Crippen LogP contribution in [0.25, 0.3) is 0 Å². The summed E-state index contributed by atoms with van der Waals surface area (Å²) in [4.78, 5) is 2.67. The van der Waals surface area contributed by atoms with Gasteiger partial charge in [0.2, 0.25) is 0 Å². The molecule has 0 spiro atoms. The molecule has 0 aromatic heterocycles. The lowest BCUT2D eigenvalue weighted by molar-refractivity contribution is 0.0632. The third-order valence-electron chi connectivity index (χ3n) is 3.53. The Kier molecular flexibility index (Phi) is 4.50. The highest BCUT2D eigenvalue weighted by molar-refractivity contribution is 5.85. The van der Waals surface area contributed by atoms with E-state index in [1.54, 1.807) is 0 Å². The molecule has 2 aliphatic rings. The smallest absolute Gasteiger partial charge is 0.0136 e. The van der Waals surface area contributed by atoms with Crippen molar-refractivity contribution < 1.29 is 0 Å². The first-order valence-electron chi connectivity index (χ1n) is 5.36. The number of nitrogens with two attached hydrogens (primary N) is 1. The van der Waals surface area contributed by atoms with E-state index in [9.17, 15) is 0 Å². The summed E-state index contributed by atoms with van der Waals surface area (Å²) in [7, 11) is 0. The maximum atomic E-state index is 5.78. The van der Waals surface area contributed by atoms with Crippen LogP contribution in [0.4, 0.5) is 0 Å². The third-order valence-corrected chi connectivity index (χ3v) is 3.53. The molecule has 2 nitrogen and oxygen atoms in total. The Morgan fingerprint density at radius 1 is 1.08 bits per heavy atom. The first-order chi connectivity index (χ1) is 5.92. The Bertz CT molecular complexity index is 143. The molecule has 2 aliphatic heterocycles. The molecule has 2 fully saturated rings. The Labute approximate surface area is 87.3 Å². The van der Waals surface area contributed by atoms with Crippen LogP contribution in [0.15, 0.2) is 0 Å². The molecule has 2 N–H and O–H groups in total. The number of hydrogen-bond donors (Lipinski definition) is 1. The molecule has 0 aromatic carbocycles. The van der Waals surface area contributed by atoms with E-state index in [1.165, 1.54) is 45.2 Å². The van der Waals surface area contributed by atoms with Crippen molar-refractivity contribution in [2.45, 2.75) is 38.1 Å². The number of nitrogens with zero attached hydrogens (tertiary/aromatic N) is 1. The van der Waals surface area contributed by atoms with Gasteiger partial charge in [0.1, 0.15) is 0 Å². The summed E-state index contributed by atoms with van der Waals surface area (Å²) in [6, 6.07) is 0.845. The summed E-state index contributed by atoms with van der Waals surface area (Å²) in [5.41, 5.74) is 5.78. The predicted molar refractivity (Wildman–Crippen MR) is 58.2 cm³/mol. The molecule has 0 saturated carbocycles. The maximum Gasteiger partial charge on any atom is 0.0136 e. The van der Waals surface area contributed by atoms with Gasteiger partial charge in [-0.1, -0.05) is 6.42 Å². The van der Waals surface area contributed by atoms with Crippen LogP contribution in [0.2, 0.25) is 0 Å². The van der Waals surface area contributed by atoms with Gasteiger partial charge in [0, 0.05) is 6.04 Å². The van der Waals surface area contributed by atoms with E-state index in [1.807, 2.05) is 0 Å². The van der Waals surface area contributed by atoms with Crippen molar-refractivity contribution in [3.8, 4) is 0 Å². The lowest BCUT2D eigenvalue weighted by atomic mass is 9.84. The van der Waals surface area contributed by atoms with Crippen molar-refractivity contribution in [3.05, 3.63) is 0 Å². The second-order valence-corrected chi connectivity index (χ2v) is 4.24. The number of halogens is 1. The second kappa shape index (κ2) is 5.18. The minimum Gasteiger partial charge on any atom is -0.330 e. The van der Waals surface area contributed by atoms with Crippen molar-refractivity contribution >= 4 is 12.4 Å². The molecule has 0 unspecified atom stereocenters. The van der Waals surface area contributed by atoms with Crippen molar-refractivity contribution in [3.63, 3.8) is 0 Å². The van der Waals surface area contributed by atoms with Crippen molar-refractivity contribution in [1.29, 1.82) is 0 Å². The zero-order valence-corrected chi connectivity index (χ0v) is 9.06. The van der Waals surface area contributed by atoms with Gasteiger partial charge in [-0.2, -0.15) is 0 Å². The normalized spacial score (nSPS) is 34.8. The van der Waals surface area contributed by atoms with E-state index in [-0.39, 0.29) is 12.4 Å². The average molecular weight is 205 g/mol. The van der Waals surface area contributed by atoms with Gasteiger partial charge in [-0.15, -0.1) is 12.4 Å². The van der Waals surface area contributed by atoms with Crippen LogP contribution in [0, 0.1) is 5.92 Å². The van der Waals surface area contributed by atoms with E-state index < -0.39 is 0 Å². The summed E-state index contributed by atoms with van der Waals surface area (Å²) in [5, 5.41) is 0. The van der Waals surface area contributed by atoms with Crippen LogP contribution in [0.1, 0.15) is 32.1 Å². The van der Waals surface area contributed by atoms with Crippen molar-refractivity contribution in [2.24, 2.45) is 11.7 Å². The molecule has 0 radical (unpaired) electrons.